The highest BCUT2D eigenvalue weighted by Gasteiger charge is 2.34. The van der Waals surface area contributed by atoms with Gasteiger partial charge >= 0.3 is 6.18 Å². The van der Waals surface area contributed by atoms with Crippen molar-refractivity contribution in [3.05, 3.63) is 60.1 Å². The van der Waals surface area contributed by atoms with Crippen LogP contribution in [0.15, 0.2) is 58.1 Å². The number of nitrogens with zero attached hydrogens (tertiary/aromatic N) is 2. The minimum Gasteiger partial charge on any atom is -0.469 e. The zero-order valence-electron chi connectivity index (χ0n) is 16.5. The van der Waals surface area contributed by atoms with E-state index in [1.807, 2.05) is 49.4 Å². The van der Waals surface area contributed by atoms with Crippen molar-refractivity contribution in [3.63, 3.8) is 0 Å². The Kier molecular flexibility index (Phi) is 7.19. The largest absolute Gasteiger partial charge is 0.469 e. The molecule has 158 valence electrons. The van der Waals surface area contributed by atoms with Crippen molar-refractivity contribution >= 4 is 5.96 Å². The molecular weight excluding hydrogens is 381 g/mol. The lowest BCUT2D eigenvalue weighted by Crippen LogP contribution is -2.46. The molecular formula is C21H27F3N4O. The molecule has 0 bridgehead atoms. The van der Waals surface area contributed by atoms with Crippen LogP contribution in [0.2, 0.25) is 0 Å². The first kappa shape index (κ1) is 21.2. The summed E-state index contributed by atoms with van der Waals surface area (Å²) in [6.45, 7) is 2.44. The molecule has 3 rings (SSSR count). The molecule has 1 saturated heterocycles. The van der Waals surface area contributed by atoms with Gasteiger partial charge in [0.1, 0.15) is 5.76 Å². The van der Waals surface area contributed by atoms with E-state index in [9.17, 15) is 13.2 Å². The fourth-order valence-corrected chi connectivity index (χ4v) is 3.44. The van der Waals surface area contributed by atoms with Crippen molar-refractivity contribution in [2.24, 2.45) is 4.99 Å². The molecule has 5 nitrogen and oxygen atoms in total. The number of guanidine groups is 1. The Morgan fingerprint density at radius 1 is 1.24 bits per heavy atom. The van der Waals surface area contributed by atoms with E-state index in [0.717, 1.165) is 11.3 Å². The third kappa shape index (κ3) is 7.12. The summed E-state index contributed by atoms with van der Waals surface area (Å²) in [4.78, 5) is 6.05. The summed E-state index contributed by atoms with van der Waals surface area (Å²) >= 11 is 0. The maximum Gasteiger partial charge on any atom is 0.401 e. The van der Waals surface area contributed by atoms with Crippen LogP contribution in [0.1, 0.15) is 30.7 Å². The van der Waals surface area contributed by atoms with Crippen molar-refractivity contribution in [1.82, 2.24) is 15.5 Å². The molecule has 2 N–H and O–H groups in total. The van der Waals surface area contributed by atoms with Crippen LogP contribution in [-0.4, -0.2) is 49.3 Å². The molecule has 1 aromatic heterocycles. The van der Waals surface area contributed by atoms with E-state index in [1.54, 1.807) is 6.26 Å². The summed E-state index contributed by atoms with van der Waals surface area (Å²) in [6.07, 6.45) is -1.24. The SMILES string of the molecule is CC(NC(=NCCc1ccco1)NC1CCN(CC(F)(F)F)C1)c1ccccc1. The Hall–Kier alpha value is -2.48. The van der Waals surface area contributed by atoms with Crippen LogP contribution in [0.4, 0.5) is 13.2 Å². The third-order valence-electron chi connectivity index (χ3n) is 4.88. The van der Waals surface area contributed by atoms with Crippen molar-refractivity contribution in [1.29, 1.82) is 0 Å². The highest BCUT2D eigenvalue weighted by Crippen LogP contribution is 2.20. The van der Waals surface area contributed by atoms with Crippen LogP contribution < -0.4 is 10.6 Å². The van der Waals surface area contributed by atoms with Gasteiger partial charge in [0, 0.05) is 32.1 Å². The molecule has 0 saturated carbocycles. The van der Waals surface area contributed by atoms with Gasteiger partial charge in [-0.1, -0.05) is 30.3 Å². The molecule has 1 aliphatic heterocycles. The highest BCUT2D eigenvalue weighted by atomic mass is 19.4. The number of hydrogen-bond acceptors (Lipinski definition) is 3. The number of halogens is 3. The number of furan rings is 1. The molecule has 1 aromatic carbocycles. The van der Waals surface area contributed by atoms with Crippen LogP contribution in [0, 0.1) is 0 Å². The van der Waals surface area contributed by atoms with Gasteiger partial charge < -0.3 is 15.1 Å². The number of rotatable bonds is 7. The molecule has 0 spiro atoms. The van der Waals surface area contributed by atoms with Crippen molar-refractivity contribution in [2.45, 2.75) is 38.0 Å². The Labute approximate surface area is 169 Å². The molecule has 1 fully saturated rings. The molecule has 0 aliphatic carbocycles. The molecule has 1 aliphatic rings. The lowest BCUT2D eigenvalue weighted by atomic mass is 10.1. The summed E-state index contributed by atoms with van der Waals surface area (Å²) in [5.74, 6) is 1.45. The van der Waals surface area contributed by atoms with E-state index in [2.05, 4.69) is 15.6 Å². The monoisotopic (exact) mass is 408 g/mol. The highest BCUT2D eigenvalue weighted by molar-refractivity contribution is 5.80. The second-order valence-corrected chi connectivity index (χ2v) is 7.32. The Balaban J connectivity index is 1.61. The zero-order valence-corrected chi connectivity index (χ0v) is 16.5. The molecule has 2 aromatic rings. The summed E-state index contributed by atoms with van der Waals surface area (Å²) in [5, 5.41) is 6.68. The lowest BCUT2D eigenvalue weighted by molar-refractivity contribution is -0.143. The molecule has 8 heteroatoms. The number of nitrogens with one attached hydrogen (secondary N) is 2. The number of likely N-dealkylation sites (tertiary alicyclic amines) is 1. The van der Waals surface area contributed by atoms with Crippen LogP contribution in [0.25, 0.3) is 0 Å². The topological polar surface area (TPSA) is 52.8 Å². The predicted molar refractivity (Wildman–Crippen MR) is 107 cm³/mol. The summed E-state index contributed by atoms with van der Waals surface area (Å²) in [7, 11) is 0. The molecule has 2 atom stereocenters. The van der Waals surface area contributed by atoms with Crippen molar-refractivity contribution < 1.29 is 17.6 Å². The van der Waals surface area contributed by atoms with Crippen molar-refractivity contribution in [2.75, 3.05) is 26.2 Å². The van der Waals surface area contributed by atoms with Crippen LogP contribution in [-0.2, 0) is 6.42 Å². The second-order valence-electron chi connectivity index (χ2n) is 7.32. The van der Waals surface area contributed by atoms with E-state index >= 15 is 0 Å². The lowest BCUT2D eigenvalue weighted by Gasteiger charge is -2.22. The number of alkyl halides is 3. The zero-order chi connectivity index (χ0) is 20.7. The minimum atomic E-state index is -4.17. The minimum absolute atomic E-state index is 0.0127. The predicted octanol–water partition coefficient (Wildman–Crippen LogP) is 3.76. The number of benzene rings is 1. The second kappa shape index (κ2) is 9.82. The van der Waals surface area contributed by atoms with E-state index in [0.29, 0.717) is 38.4 Å². The van der Waals surface area contributed by atoms with Crippen molar-refractivity contribution in [3.8, 4) is 0 Å². The van der Waals surface area contributed by atoms with Gasteiger partial charge in [-0.15, -0.1) is 0 Å². The summed E-state index contributed by atoms with van der Waals surface area (Å²) < 4.78 is 43.3. The fourth-order valence-electron chi connectivity index (χ4n) is 3.44. The van der Waals surface area contributed by atoms with Gasteiger partial charge in [0.15, 0.2) is 5.96 Å². The van der Waals surface area contributed by atoms with E-state index in [4.69, 9.17) is 4.42 Å². The first-order valence-corrected chi connectivity index (χ1v) is 9.83. The quantitative estimate of drug-likeness (QED) is 0.541. The average molecular weight is 408 g/mol. The smallest absolute Gasteiger partial charge is 0.401 e. The maximum absolute atomic E-state index is 12.7. The average Bonchev–Trinajstić information content (AvgIpc) is 3.33. The first-order chi connectivity index (χ1) is 13.9. The molecule has 29 heavy (non-hydrogen) atoms. The third-order valence-corrected chi connectivity index (χ3v) is 4.88. The molecule has 2 unspecified atom stereocenters. The Bertz CT molecular complexity index is 762. The van der Waals surface area contributed by atoms with Gasteiger partial charge in [-0.3, -0.25) is 9.89 Å². The van der Waals surface area contributed by atoms with Crippen LogP contribution in [0.5, 0.6) is 0 Å². The molecule has 0 radical (unpaired) electrons. The first-order valence-electron chi connectivity index (χ1n) is 9.83. The summed E-state index contributed by atoms with van der Waals surface area (Å²) in [6, 6.07) is 13.6. The Morgan fingerprint density at radius 3 is 2.72 bits per heavy atom. The van der Waals surface area contributed by atoms with Gasteiger partial charge in [0.05, 0.1) is 18.8 Å². The Morgan fingerprint density at radius 2 is 2.03 bits per heavy atom. The molecule has 2 heterocycles. The van der Waals surface area contributed by atoms with E-state index in [1.165, 1.54) is 4.90 Å². The van der Waals surface area contributed by atoms with Gasteiger partial charge in [0.25, 0.3) is 0 Å². The van der Waals surface area contributed by atoms with E-state index in [-0.39, 0.29) is 12.1 Å². The summed E-state index contributed by atoms with van der Waals surface area (Å²) in [5.41, 5.74) is 1.11. The van der Waals surface area contributed by atoms with Gasteiger partial charge in [-0.25, -0.2) is 0 Å². The van der Waals surface area contributed by atoms with Crippen LogP contribution in [0.3, 0.4) is 0 Å². The maximum atomic E-state index is 12.7. The fraction of sp³-hybridized carbons (Fsp3) is 0.476. The standard InChI is InChI=1S/C21H27F3N4O/c1-16(17-6-3-2-4-7-17)26-20(25-11-9-19-8-5-13-29-19)27-18-10-12-28(14-18)15-21(22,23)24/h2-8,13,16,18H,9-12,14-15H2,1H3,(H2,25,26,27). The van der Waals surface area contributed by atoms with Gasteiger partial charge in [0.2, 0.25) is 0 Å². The number of hydrogen-bond donors (Lipinski definition) is 2. The van der Waals surface area contributed by atoms with Crippen LogP contribution >= 0.6 is 0 Å². The normalized spacial score (nSPS) is 19.3. The van der Waals surface area contributed by atoms with E-state index < -0.39 is 12.7 Å². The number of aliphatic imine (C=N–C) groups is 1. The molecule has 0 amide bonds. The van der Waals surface area contributed by atoms with Gasteiger partial charge in [-0.2, -0.15) is 13.2 Å². The van der Waals surface area contributed by atoms with Gasteiger partial charge in [-0.05, 0) is 31.0 Å².